The molecule has 1 rings (SSSR count). The van der Waals surface area contributed by atoms with E-state index >= 15 is 0 Å². The Morgan fingerprint density at radius 3 is 2.15 bits per heavy atom. The highest BCUT2D eigenvalue weighted by Gasteiger charge is 2.14. The van der Waals surface area contributed by atoms with E-state index in [2.05, 4.69) is 10.4 Å². The van der Waals surface area contributed by atoms with E-state index in [1.807, 2.05) is 18.2 Å². The fourth-order valence-electron chi connectivity index (χ4n) is 0.720. The number of benzene rings is 1. The lowest BCUT2D eigenvalue weighted by Gasteiger charge is -2.19. The van der Waals surface area contributed by atoms with Crippen LogP contribution in [0, 0.1) is 0 Å². The molecule has 0 heterocycles. The van der Waals surface area contributed by atoms with Crippen LogP contribution in [0.5, 0.6) is 5.75 Å². The van der Waals surface area contributed by atoms with Crippen molar-refractivity contribution in [3.63, 3.8) is 0 Å². The molecule has 1 aromatic carbocycles. The van der Waals surface area contributed by atoms with Crippen molar-refractivity contribution in [2.75, 3.05) is 0 Å². The second-order valence-corrected chi connectivity index (χ2v) is 5.56. The molecule has 0 saturated carbocycles. The van der Waals surface area contributed by atoms with Crippen LogP contribution >= 0.6 is 6.57 Å². The summed E-state index contributed by atoms with van der Waals surface area (Å²) in [5.74, 6) is 11.0. The van der Waals surface area contributed by atoms with Crippen molar-refractivity contribution in [2.45, 2.75) is 0 Å². The molecule has 0 unspecified atom stereocenters. The molecule has 7 heteroatoms. The summed E-state index contributed by atoms with van der Waals surface area (Å²) in [4.78, 5) is 0. The summed E-state index contributed by atoms with van der Waals surface area (Å²) in [7, 11) is 0. The monoisotopic (exact) mass is 218 g/mol. The molecule has 0 atom stereocenters. The zero-order valence-corrected chi connectivity index (χ0v) is 8.52. The van der Waals surface area contributed by atoms with E-state index in [-0.39, 0.29) is 0 Å². The Bertz CT molecular complexity index is 299. The topological polar surface area (TPSA) is 85.3 Å². The van der Waals surface area contributed by atoms with Crippen LogP contribution in [0.1, 0.15) is 0 Å². The highest BCUT2D eigenvalue weighted by molar-refractivity contribution is 8.10. The molecule has 5 nitrogen and oxygen atoms in total. The van der Waals surface area contributed by atoms with Crippen LogP contribution in [0.25, 0.3) is 0 Å². The molecule has 0 saturated heterocycles. The zero-order valence-electron chi connectivity index (χ0n) is 6.81. The third-order valence-electron chi connectivity index (χ3n) is 1.32. The smallest absolute Gasteiger partial charge is 0.274 e. The normalized spacial score (nSPS) is 11.2. The van der Waals surface area contributed by atoms with E-state index in [1.54, 1.807) is 12.1 Å². The molecule has 1 aromatic rings. The van der Waals surface area contributed by atoms with Crippen molar-refractivity contribution >= 4 is 18.4 Å². The summed E-state index contributed by atoms with van der Waals surface area (Å²) in [5, 5.41) is 4.69. The summed E-state index contributed by atoms with van der Waals surface area (Å²) in [6.07, 6.45) is 0. The van der Waals surface area contributed by atoms with Gasteiger partial charge in [-0.25, -0.2) is 0 Å². The highest BCUT2D eigenvalue weighted by Crippen LogP contribution is 2.35. The SMILES string of the molecule is NNP(=S)(NN)Oc1ccccc1. The van der Waals surface area contributed by atoms with Gasteiger partial charge in [-0.15, -0.1) is 0 Å². The molecule has 0 fully saturated rings. The molecule has 0 radical (unpaired) electrons. The van der Waals surface area contributed by atoms with Crippen LogP contribution in [-0.4, -0.2) is 0 Å². The first kappa shape index (κ1) is 10.6. The Morgan fingerprint density at radius 1 is 1.15 bits per heavy atom. The lowest BCUT2D eigenvalue weighted by atomic mass is 10.3. The van der Waals surface area contributed by atoms with Crippen LogP contribution in [0.3, 0.4) is 0 Å². The van der Waals surface area contributed by atoms with E-state index in [4.69, 9.17) is 28.0 Å². The van der Waals surface area contributed by atoms with E-state index in [0.717, 1.165) is 0 Å². The summed E-state index contributed by atoms with van der Waals surface area (Å²) in [6, 6.07) is 9.09. The van der Waals surface area contributed by atoms with Gasteiger partial charge in [0.2, 0.25) is 0 Å². The third-order valence-corrected chi connectivity index (χ3v) is 3.32. The number of hydrogen-bond acceptors (Lipinski definition) is 4. The van der Waals surface area contributed by atoms with Crippen molar-refractivity contribution in [2.24, 2.45) is 11.7 Å². The van der Waals surface area contributed by atoms with Gasteiger partial charge in [0.25, 0.3) is 6.57 Å². The van der Waals surface area contributed by atoms with Crippen LogP contribution in [0.2, 0.25) is 0 Å². The van der Waals surface area contributed by atoms with Gasteiger partial charge in [0.1, 0.15) is 5.75 Å². The number of hydrogen-bond donors (Lipinski definition) is 4. The van der Waals surface area contributed by atoms with Gasteiger partial charge in [0.05, 0.1) is 0 Å². The molecule has 72 valence electrons. The number of nitrogens with one attached hydrogen (secondary N) is 2. The number of para-hydroxylation sites is 1. The quantitative estimate of drug-likeness (QED) is 0.328. The average molecular weight is 218 g/mol. The maximum Gasteiger partial charge on any atom is 0.274 e. The maximum absolute atomic E-state index is 5.35. The predicted molar refractivity (Wildman–Crippen MR) is 56.0 cm³/mol. The van der Waals surface area contributed by atoms with Gasteiger partial charge < -0.3 is 4.52 Å². The number of nitrogens with two attached hydrogens (primary N) is 2. The van der Waals surface area contributed by atoms with Crippen molar-refractivity contribution in [3.05, 3.63) is 30.3 Å². The lowest BCUT2D eigenvalue weighted by molar-refractivity contribution is 0.582. The summed E-state index contributed by atoms with van der Waals surface area (Å²) >= 11 is 5.00. The van der Waals surface area contributed by atoms with Crippen LogP contribution in [0.15, 0.2) is 30.3 Å². The minimum atomic E-state index is -2.51. The van der Waals surface area contributed by atoms with Crippen molar-refractivity contribution in [1.82, 2.24) is 10.4 Å². The largest absolute Gasteiger partial charge is 0.440 e. The first-order valence-corrected chi connectivity index (χ1v) is 6.22. The summed E-state index contributed by atoms with van der Waals surface area (Å²) in [5.41, 5.74) is 0. The van der Waals surface area contributed by atoms with Gasteiger partial charge >= 0.3 is 0 Å². The Hall–Kier alpha value is -0.490. The standard InChI is InChI=1S/C6H11N4OPS/c7-9-12(13,10-8)11-6-4-2-1-3-5-6/h1-5H,7-8H2,(H2,9,10,13). The van der Waals surface area contributed by atoms with Gasteiger partial charge in [0.15, 0.2) is 0 Å². The van der Waals surface area contributed by atoms with E-state index in [0.29, 0.717) is 5.75 Å². The van der Waals surface area contributed by atoms with Gasteiger partial charge in [-0.2, -0.15) is 10.4 Å². The summed E-state index contributed by atoms with van der Waals surface area (Å²) in [6.45, 7) is -2.51. The molecule has 6 N–H and O–H groups in total. The number of hydrazine groups is 2. The molecule has 0 amide bonds. The van der Waals surface area contributed by atoms with Crippen LogP contribution in [-0.2, 0) is 11.8 Å². The molecular weight excluding hydrogens is 207 g/mol. The average Bonchev–Trinajstić information content (AvgIpc) is 2.19. The minimum absolute atomic E-state index is 0.627. The Labute approximate surface area is 81.6 Å². The Morgan fingerprint density at radius 2 is 1.69 bits per heavy atom. The van der Waals surface area contributed by atoms with Crippen molar-refractivity contribution in [1.29, 1.82) is 0 Å². The molecule has 0 aliphatic heterocycles. The first-order chi connectivity index (χ1) is 6.20. The molecule has 0 spiro atoms. The van der Waals surface area contributed by atoms with Crippen LogP contribution < -0.4 is 26.6 Å². The molecule has 0 aliphatic carbocycles. The molecular formula is C6H11N4OPS. The van der Waals surface area contributed by atoms with Gasteiger partial charge in [-0.1, -0.05) is 18.2 Å². The van der Waals surface area contributed by atoms with Gasteiger partial charge in [-0.3, -0.25) is 11.7 Å². The van der Waals surface area contributed by atoms with Crippen molar-refractivity contribution < 1.29 is 4.52 Å². The van der Waals surface area contributed by atoms with Crippen LogP contribution in [0.4, 0.5) is 0 Å². The Kier molecular flexibility index (Phi) is 3.80. The fourth-order valence-corrected chi connectivity index (χ4v) is 1.58. The zero-order chi connectivity index (χ0) is 9.73. The maximum atomic E-state index is 5.35. The van der Waals surface area contributed by atoms with E-state index in [9.17, 15) is 0 Å². The second-order valence-electron chi connectivity index (χ2n) is 2.21. The molecule has 13 heavy (non-hydrogen) atoms. The fraction of sp³-hybridized carbons (Fsp3) is 0. The molecule has 0 aliphatic rings. The predicted octanol–water partition coefficient (Wildman–Crippen LogP) is 0.216. The lowest BCUT2D eigenvalue weighted by Crippen LogP contribution is -2.34. The number of rotatable bonds is 4. The molecule has 0 bridgehead atoms. The summed E-state index contributed by atoms with van der Waals surface area (Å²) < 4.78 is 5.35. The first-order valence-electron chi connectivity index (χ1n) is 3.50. The molecule has 0 aromatic heterocycles. The Balaban J connectivity index is 2.74. The second kappa shape index (κ2) is 4.66. The minimum Gasteiger partial charge on any atom is -0.440 e. The van der Waals surface area contributed by atoms with Gasteiger partial charge in [-0.05, 0) is 23.9 Å². The van der Waals surface area contributed by atoms with E-state index in [1.165, 1.54) is 0 Å². The van der Waals surface area contributed by atoms with Gasteiger partial charge in [0, 0.05) is 0 Å². The van der Waals surface area contributed by atoms with E-state index < -0.39 is 6.57 Å². The third kappa shape index (κ3) is 3.04. The highest BCUT2D eigenvalue weighted by atomic mass is 32.4. The van der Waals surface area contributed by atoms with Crippen molar-refractivity contribution in [3.8, 4) is 5.75 Å².